The quantitative estimate of drug-likeness (QED) is 0.589. The van der Waals surface area contributed by atoms with Crippen LogP contribution in [0.2, 0.25) is 0 Å². The summed E-state index contributed by atoms with van der Waals surface area (Å²) >= 11 is 0. The van der Waals surface area contributed by atoms with Crippen LogP contribution in [-0.4, -0.2) is 23.8 Å². The van der Waals surface area contributed by atoms with E-state index < -0.39 is 17.7 Å². The fourth-order valence-corrected chi connectivity index (χ4v) is 1.09. The van der Waals surface area contributed by atoms with Crippen molar-refractivity contribution in [2.45, 2.75) is 44.7 Å². The maximum atomic E-state index is 11.3. The molecule has 0 aromatic heterocycles. The van der Waals surface area contributed by atoms with Gasteiger partial charge in [-0.05, 0) is 19.3 Å². The van der Waals surface area contributed by atoms with Crippen LogP contribution in [0.5, 0.6) is 0 Å². The van der Waals surface area contributed by atoms with Gasteiger partial charge < -0.3 is 11.1 Å². The van der Waals surface area contributed by atoms with Gasteiger partial charge in [-0.1, -0.05) is 13.3 Å². The lowest BCUT2D eigenvalue weighted by Gasteiger charge is -2.08. The van der Waals surface area contributed by atoms with Gasteiger partial charge in [0.1, 0.15) is 0 Å². The predicted molar refractivity (Wildman–Crippen MR) is 49.1 cm³/mol. The first-order chi connectivity index (χ1) is 6.15. The SMILES string of the molecule is CCCC(N)C(=O)C(=O)NC1CC1. The molecule has 4 heteroatoms. The topological polar surface area (TPSA) is 72.2 Å². The fraction of sp³-hybridized carbons (Fsp3) is 0.778. The van der Waals surface area contributed by atoms with E-state index in [0.717, 1.165) is 19.3 Å². The van der Waals surface area contributed by atoms with Crippen molar-refractivity contribution in [2.24, 2.45) is 5.73 Å². The molecule has 0 aliphatic heterocycles. The Morgan fingerprint density at radius 1 is 1.54 bits per heavy atom. The van der Waals surface area contributed by atoms with Gasteiger partial charge in [-0.25, -0.2) is 0 Å². The molecule has 4 nitrogen and oxygen atoms in total. The van der Waals surface area contributed by atoms with Crippen molar-refractivity contribution in [3.8, 4) is 0 Å². The van der Waals surface area contributed by atoms with E-state index in [1.807, 2.05) is 6.92 Å². The Balaban J connectivity index is 2.31. The molecule has 74 valence electrons. The van der Waals surface area contributed by atoms with Crippen molar-refractivity contribution in [2.75, 3.05) is 0 Å². The van der Waals surface area contributed by atoms with E-state index in [2.05, 4.69) is 5.32 Å². The smallest absolute Gasteiger partial charge is 0.289 e. The van der Waals surface area contributed by atoms with Crippen LogP contribution < -0.4 is 11.1 Å². The molecule has 0 aromatic rings. The summed E-state index contributed by atoms with van der Waals surface area (Å²) in [6.45, 7) is 1.94. The Labute approximate surface area is 77.9 Å². The van der Waals surface area contributed by atoms with E-state index in [1.54, 1.807) is 0 Å². The summed E-state index contributed by atoms with van der Waals surface area (Å²) in [6, 6.07) is -0.394. The van der Waals surface area contributed by atoms with Gasteiger partial charge in [0.2, 0.25) is 5.78 Å². The Hall–Kier alpha value is -0.900. The molecule has 1 atom stereocenters. The maximum absolute atomic E-state index is 11.3. The Morgan fingerprint density at radius 2 is 2.15 bits per heavy atom. The second-order valence-electron chi connectivity index (χ2n) is 3.51. The highest BCUT2D eigenvalue weighted by molar-refractivity contribution is 6.38. The fourth-order valence-electron chi connectivity index (χ4n) is 1.09. The molecule has 0 aromatic carbocycles. The Bertz CT molecular complexity index is 212. The van der Waals surface area contributed by atoms with E-state index in [9.17, 15) is 9.59 Å². The van der Waals surface area contributed by atoms with Crippen LogP contribution in [0.1, 0.15) is 32.6 Å². The van der Waals surface area contributed by atoms with Crippen LogP contribution >= 0.6 is 0 Å². The van der Waals surface area contributed by atoms with E-state index >= 15 is 0 Å². The van der Waals surface area contributed by atoms with Crippen LogP contribution in [0.25, 0.3) is 0 Å². The summed E-state index contributed by atoms with van der Waals surface area (Å²) in [5, 5.41) is 2.62. The summed E-state index contributed by atoms with van der Waals surface area (Å²) in [6.07, 6.45) is 3.38. The standard InChI is InChI=1S/C9H16N2O2/c1-2-3-7(10)8(12)9(13)11-6-4-5-6/h6-7H,2-5,10H2,1H3,(H,11,13). The highest BCUT2D eigenvalue weighted by Gasteiger charge is 2.28. The van der Waals surface area contributed by atoms with E-state index in [4.69, 9.17) is 5.73 Å². The molecule has 1 aliphatic rings. The lowest BCUT2D eigenvalue weighted by molar-refractivity contribution is -0.138. The second kappa shape index (κ2) is 4.37. The minimum absolute atomic E-state index is 0.227. The molecule has 3 N–H and O–H groups in total. The number of hydrogen-bond acceptors (Lipinski definition) is 3. The molecule has 0 radical (unpaired) electrons. The van der Waals surface area contributed by atoms with Crippen molar-refractivity contribution < 1.29 is 9.59 Å². The minimum Gasteiger partial charge on any atom is -0.347 e. The van der Waals surface area contributed by atoms with Crippen LogP contribution in [0.3, 0.4) is 0 Å². The third-order valence-electron chi connectivity index (χ3n) is 2.07. The molecule has 0 saturated heterocycles. The van der Waals surface area contributed by atoms with Gasteiger partial charge >= 0.3 is 0 Å². The first kappa shape index (κ1) is 10.2. The molecule has 1 rings (SSSR count). The number of nitrogens with two attached hydrogens (primary N) is 1. The highest BCUT2D eigenvalue weighted by Crippen LogP contribution is 2.18. The largest absolute Gasteiger partial charge is 0.347 e. The average Bonchev–Trinajstić information content (AvgIpc) is 2.87. The first-order valence-corrected chi connectivity index (χ1v) is 4.75. The average molecular weight is 184 g/mol. The lowest BCUT2D eigenvalue weighted by atomic mass is 10.1. The molecular weight excluding hydrogens is 168 g/mol. The van der Waals surface area contributed by atoms with Crippen molar-refractivity contribution in [3.63, 3.8) is 0 Å². The van der Waals surface area contributed by atoms with Gasteiger partial charge in [0.25, 0.3) is 5.91 Å². The molecule has 0 heterocycles. The van der Waals surface area contributed by atoms with Gasteiger partial charge in [-0.3, -0.25) is 9.59 Å². The van der Waals surface area contributed by atoms with Gasteiger partial charge in [0.05, 0.1) is 6.04 Å². The third-order valence-corrected chi connectivity index (χ3v) is 2.07. The van der Waals surface area contributed by atoms with Crippen molar-refractivity contribution in [1.82, 2.24) is 5.32 Å². The van der Waals surface area contributed by atoms with Crippen LogP contribution in [0, 0.1) is 0 Å². The first-order valence-electron chi connectivity index (χ1n) is 4.75. The van der Waals surface area contributed by atoms with Crippen LogP contribution in [-0.2, 0) is 9.59 Å². The van der Waals surface area contributed by atoms with E-state index in [1.165, 1.54) is 0 Å². The number of carbonyl (C=O) groups is 2. The molecule has 1 saturated carbocycles. The molecule has 1 unspecified atom stereocenters. The molecular formula is C9H16N2O2. The molecule has 13 heavy (non-hydrogen) atoms. The zero-order valence-corrected chi connectivity index (χ0v) is 7.88. The monoisotopic (exact) mass is 184 g/mol. The molecule has 0 bridgehead atoms. The normalized spacial score (nSPS) is 18.0. The zero-order valence-electron chi connectivity index (χ0n) is 7.88. The second-order valence-corrected chi connectivity index (χ2v) is 3.51. The summed E-state index contributed by atoms with van der Waals surface area (Å²) in [5.74, 6) is -0.989. The zero-order chi connectivity index (χ0) is 9.84. The number of ketones is 1. The van der Waals surface area contributed by atoms with Crippen molar-refractivity contribution in [3.05, 3.63) is 0 Å². The lowest BCUT2D eigenvalue weighted by Crippen LogP contribution is -2.43. The maximum Gasteiger partial charge on any atom is 0.289 e. The van der Waals surface area contributed by atoms with Crippen molar-refractivity contribution in [1.29, 1.82) is 0 Å². The summed E-state index contributed by atoms with van der Waals surface area (Å²) in [4.78, 5) is 22.4. The van der Waals surface area contributed by atoms with Crippen molar-refractivity contribution >= 4 is 11.7 Å². The summed E-state index contributed by atoms with van der Waals surface area (Å²) in [7, 11) is 0. The Morgan fingerprint density at radius 3 is 2.62 bits per heavy atom. The van der Waals surface area contributed by atoms with E-state index in [-0.39, 0.29) is 6.04 Å². The van der Waals surface area contributed by atoms with Gasteiger partial charge in [-0.15, -0.1) is 0 Å². The number of Topliss-reactive ketones (excluding diaryl/α,β-unsaturated/α-hetero) is 1. The number of rotatable bonds is 5. The number of hydrogen-bond donors (Lipinski definition) is 2. The number of nitrogens with one attached hydrogen (secondary N) is 1. The highest BCUT2D eigenvalue weighted by atomic mass is 16.2. The molecule has 1 aliphatic carbocycles. The molecule has 1 fully saturated rings. The van der Waals surface area contributed by atoms with Crippen LogP contribution in [0.4, 0.5) is 0 Å². The minimum atomic E-state index is -0.622. The summed E-state index contributed by atoms with van der Waals surface area (Å²) in [5.41, 5.74) is 5.51. The predicted octanol–water partition coefficient (Wildman–Crippen LogP) is -0.0385. The molecule has 0 spiro atoms. The Kier molecular flexibility index (Phi) is 3.42. The third kappa shape index (κ3) is 3.14. The van der Waals surface area contributed by atoms with Gasteiger partial charge in [0, 0.05) is 6.04 Å². The summed E-state index contributed by atoms with van der Waals surface area (Å²) < 4.78 is 0. The van der Waals surface area contributed by atoms with E-state index in [0.29, 0.717) is 6.42 Å². The molecule has 1 amide bonds. The van der Waals surface area contributed by atoms with Gasteiger partial charge in [0.15, 0.2) is 0 Å². The van der Waals surface area contributed by atoms with Gasteiger partial charge in [-0.2, -0.15) is 0 Å². The van der Waals surface area contributed by atoms with Crippen LogP contribution in [0.15, 0.2) is 0 Å². The number of amides is 1. The number of carbonyl (C=O) groups excluding carboxylic acids is 2.